The summed E-state index contributed by atoms with van der Waals surface area (Å²) in [6, 6.07) is 1.98. The minimum absolute atomic E-state index is 0.147. The summed E-state index contributed by atoms with van der Waals surface area (Å²) in [5.74, 6) is 1.56. The van der Waals surface area contributed by atoms with E-state index in [0.717, 1.165) is 46.9 Å². The molecule has 4 heteroatoms. The highest BCUT2D eigenvalue weighted by atomic mass is 35.5. The van der Waals surface area contributed by atoms with Crippen molar-refractivity contribution in [2.45, 2.75) is 50.7 Å². The topological polar surface area (TPSA) is 44.5 Å². The number of nitrogens with two attached hydrogens (primary N) is 1. The quantitative estimate of drug-likeness (QED) is 0.904. The van der Waals surface area contributed by atoms with Crippen LogP contribution in [0.3, 0.4) is 0 Å². The zero-order valence-corrected chi connectivity index (χ0v) is 12.2. The highest BCUT2D eigenvalue weighted by molar-refractivity contribution is 6.32. The van der Waals surface area contributed by atoms with Crippen molar-refractivity contribution in [3.8, 4) is 11.5 Å². The lowest BCUT2D eigenvalue weighted by Crippen LogP contribution is -2.33. The molecular weight excluding hydrogens is 262 g/mol. The number of hydrogen-bond donors (Lipinski definition) is 1. The molecule has 0 radical (unpaired) electrons. The third-order valence-corrected chi connectivity index (χ3v) is 4.77. The molecule has 1 saturated carbocycles. The number of fused-ring (bicyclic) bond motifs is 1. The zero-order chi connectivity index (χ0) is 13.6. The summed E-state index contributed by atoms with van der Waals surface area (Å²) in [4.78, 5) is 0. The normalized spacial score (nSPS) is 24.1. The predicted molar refractivity (Wildman–Crippen MR) is 76.1 cm³/mol. The lowest BCUT2D eigenvalue weighted by molar-refractivity contribution is 0.243. The van der Waals surface area contributed by atoms with Gasteiger partial charge in [0.2, 0.25) is 0 Å². The van der Waals surface area contributed by atoms with Gasteiger partial charge in [0, 0.05) is 17.5 Å². The van der Waals surface area contributed by atoms with Crippen LogP contribution in [0.25, 0.3) is 0 Å². The Labute approximate surface area is 119 Å². The fourth-order valence-electron chi connectivity index (χ4n) is 3.30. The minimum atomic E-state index is -0.300. The molecule has 1 aliphatic heterocycles. The minimum Gasteiger partial charge on any atom is -0.493 e. The molecular formula is C15H20ClNO2. The maximum atomic E-state index is 6.60. The van der Waals surface area contributed by atoms with E-state index in [4.69, 9.17) is 26.8 Å². The molecule has 0 saturated heterocycles. The maximum Gasteiger partial charge on any atom is 0.166 e. The van der Waals surface area contributed by atoms with Gasteiger partial charge in [0.1, 0.15) is 6.10 Å². The van der Waals surface area contributed by atoms with E-state index in [9.17, 15) is 0 Å². The molecule has 0 aromatic heterocycles. The highest BCUT2D eigenvalue weighted by Crippen LogP contribution is 2.49. The first-order valence-corrected chi connectivity index (χ1v) is 7.28. The van der Waals surface area contributed by atoms with Gasteiger partial charge in [0.05, 0.1) is 12.1 Å². The Morgan fingerprint density at radius 2 is 2.11 bits per heavy atom. The SMILES string of the molecule is COc1cc(C2(N)CCCC2)c(Cl)c2c1OC(C)C2. The largest absolute Gasteiger partial charge is 0.493 e. The van der Waals surface area contributed by atoms with Crippen LogP contribution in [0.15, 0.2) is 6.07 Å². The van der Waals surface area contributed by atoms with Gasteiger partial charge in [-0.3, -0.25) is 0 Å². The van der Waals surface area contributed by atoms with E-state index in [2.05, 4.69) is 0 Å². The average Bonchev–Trinajstić information content (AvgIpc) is 2.97. The Morgan fingerprint density at radius 1 is 1.42 bits per heavy atom. The van der Waals surface area contributed by atoms with Crippen LogP contribution in [0.1, 0.15) is 43.7 Å². The molecule has 1 atom stereocenters. The molecule has 1 aromatic carbocycles. The van der Waals surface area contributed by atoms with E-state index in [1.54, 1.807) is 7.11 Å². The van der Waals surface area contributed by atoms with Crippen LogP contribution >= 0.6 is 11.6 Å². The Balaban J connectivity index is 2.14. The predicted octanol–water partition coefficient (Wildman–Crippen LogP) is 3.40. The molecule has 19 heavy (non-hydrogen) atoms. The highest BCUT2D eigenvalue weighted by Gasteiger charge is 2.37. The van der Waals surface area contributed by atoms with Crippen LogP contribution < -0.4 is 15.2 Å². The number of benzene rings is 1. The van der Waals surface area contributed by atoms with Crippen LogP contribution in [0.4, 0.5) is 0 Å². The van der Waals surface area contributed by atoms with Gasteiger partial charge in [0.25, 0.3) is 0 Å². The number of hydrogen-bond acceptors (Lipinski definition) is 3. The standard InChI is InChI=1S/C15H20ClNO2/c1-9-7-10-13(16)11(15(17)5-3-4-6-15)8-12(18-2)14(10)19-9/h8-9H,3-7,17H2,1-2H3. The molecule has 0 spiro atoms. The molecule has 1 fully saturated rings. The summed E-state index contributed by atoms with van der Waals surface area (Å²) in [7, 11) is 1.66. The molecule has 1 aliphatic carbocycles. The van der Waals surface area contributed by atoms with E-state index in [-0.39, 0.29) is 11.6 Å². The molecule has 2 aliphatic rings. The molecule has 1 aromatic rings. The fraction of sp³-hybridized carbons (Fsp3) is 0.600. The summed E-state index contributed by atoms with van der Waals surface area (Å²) in [5.41, 5.74) is 8.34. The average molecular weight is 282 g/mol. The van der Waals surface area contributed by atoms with Crippen molar-refractivity contribution in [1.29, 1.82) is 0 Å². The number of methoxy groups -OCH3 is 1. The second kappa shape index (κ2) is 4.57. The van der Waals surface area contributed by atoms with Crippen LogP contribution in [0.2, 0.25) is 5.02 Å². The van der Waals surface area contributed by atoms with E-state index < -0.39 is 0 Å². The Hall–Kier alpha value is -0.930. The molecule has 3 rings (SSSR count). The first-order valence-electron chi connectivity index (χ1n) is 6.90. The third kappa shape index (κ3) is 2.00. The van der Waals surface area contributed by atoms with Gasteiger partial charge < -0.3 is 15.2 Å². The summed E-state index contributed by atoms with van der Waals surface area (Å²) in [6.07, 6.45) is 5.29. The Kier molecular flexibility index (Phi) is 3.14. The third-order valence-electron chi connectivity index (χ3n) is 4.34. The second-order valence-electron chi connectivity index (χ2n) is 5.74. The maximum absolute atomic E-state index is 6.60. The second-order valence-corrected chi connectivity index (χ2v) is 6.12. The van der Waals surface area contributed by atoms with Crippen LogP contribution in [0.5, 0.6) is 11.5 Å². The molecule has 0 amide bonds. The van der Waals surface area contributed by atoms with Crippen molar-refractivity contribution in [2.75, 3.05) is 7.11 Å². The van der Waals surface area contributed by atoms with Gasteiger partial charge in [-0.1, -0.05) is 24.4 Å². The number of ether oxygens (including phenoxy) is 2. The van der Waals surface area contributed by atoms with Crippen molar-refractivity contribution >= 4 is 11.6 Å². The molecule has 1 unspecified atom stereocenters. The van der Waals surface area contributed by atoms with Crippen molar-refractivity contribution in [2.24, 2.45) is 5.73 Å². The Morgan fingerprint density at radius 3 is 2.74 bits per heavy atom. The summed E-state index contributed by atoms with van der Waals surface area (Å²) < 4.78 is 11.3. The smallest absolute Gasteiger partial charge is 0.166 e. The lowest BCUT2D eigenvalue weighted by atomic mass is 9.87. The van der Waals surface area contributed by atoms with Gasteiger partial charge in [-0.25, -0.2) is 0 Å². The summed E-state index contributed by atoms with van der Waals surface area (Å²) >= 11 is 6.60. The molecule has 104 valence electrons. The van der Waals surface area contributed by atoms with Crippen molar-refractivity contribution in [1.82, 2.24) is 0 Å². The molecule has 2 N–H and O–H groups in total. The van der Waals surface area contributed by atoms with E-state index in [1.807, 2.05) is 13.0 Å². The fourth-order valence-corrected chi connectivity index (χ4v) is 3.71. The van der Waals surface area contributed by atoms with E-state index in [1.165, 1.54) is 12.8 Å². The van der Waals surface area contributed by atoms with Crippen molar-refractivity contribution in [3.63, 3.8) is 0 Å². The van der Waals surface area contributed by atoms with Crippen LogP contribution in [0, 0.1) is 0 Å². The van der Waals surface area contributed by atoms with Crippen LogP contribution in [-0.2, 0) is 12.0 Å². The molecule has 1 heterocycles. The summed E-state index contributed by atoms with van der Waals surface area (Å²) in [6.45, 7) is 2.04. The molecule has 0 bridgehead atoms. The zero-order valence-electron chi connectivity index (χ0n) is 11.5. The number of rotatable bonds is 2. The number of halogens is 1. The van der Waals surface area contributed by atoms with Gasteiger partial charge in [-0.05, 0) is 31.4 Å². The monoisotopic (exact) mass is 281 g/mol. The molecule has 3 nitrogen and oxygen atoms in total. The lowest BCUT2D eigenvalue weighted by Gasteiger charge is -2.27. The van der Waals surface area contributed by atoms with Crippen molar-refractivity contribution < 1.29 is 9.47 Å². The first kappa shape index (κ1) is 13.1. The van der Waals surface area contributed by atoms with Crippen molar-refractivity contribution in [3.05, 3.63) is 22.2 Å². The first-order chi connectivity index (χ1) is 9.05. The van der Waals surface area contributed by atoms with Gasteiger partial charge in [-0.2, -0.15) is 0 Å². The van der Waals surface area contributed by atoms with Gasteiger partial charge in [-0.15, -0.1) is 0 Å². The summed E-state index contributed by atoms with van der Waals surface area (Å²) in [5, 5.41) is 0.782. The Bertz CT molecular complexity index is 509. The van der Waals surface area contributed by atoms with Gasteiger partial charge in [0.15, 0.2) is 11.5 Å². The van der Waals surface area contributed by atoms with E-state index >= 15 is 0 Å². The van der Waals surface area contributed by atoms with E-state index in [0.29, 0.717) is 0 Å². The van der Waals surface area contributed by atoms with Gasteiger partial charge >= 0.3 is 0 Å². The van der Waals surface area contributed by atoms with Crippen LogP contribution in [-0.4, -0.2) is 13.2 Å².